The summed E-state index contributed by atoms with van der Waals surface area (Å²) in [4.78, 5) is 4.38. The largest absolute Gasteiger partial charge is 0.301 e. The van der Waals surface area contributed by atoms with Gasteiger partial charge in [-0.25, -0.2) is 4.98 Å². The fourth-order valence-corrected chi connectivity index (χ4v) is 2.16. The molecule has 0 saturated carbocycles. The van der Waals surface area contributed by atoms with Crippen LogP contribution in [0.2, 0.25) is 5.15 Å². The van der Waals surface area contributed by atoms with Crippen LogP contribution in [0.3, 0.4) is 0 Å². The monoisotopic (exact) mass is 242 g/mol. The Morgan fingerprint density at radius 3 is 2.71 bits per heavy atom. The van der Waals surface area contributed by atoms with Crippen molar-refractivity contribution in [1.82, 2.24) is 9.55 Å². The molecule has 0 amide bonds. The van der Waals surface area contributed by atoms with Crippen molar-refractivity contribution < 1.29 is 0 Å². The van der Waals surface area contributed by atoms with E-state index in [2.05, 4.69) is 28.6 Å². The quantitative estimate of drug-likeness (QED) is 0.590. The number of nitrogens with zero attached hydrogens (tertiary/aromatic N) is 2. The molecule has 84 valence electrons. The lowest BCUT2D eigenvalue weighted by molar-refractivity contribution is 1.07. The number of aromatic nitrogens is 2. The summed E-state index contributed by atoms with van der Waals surface area (Å²) in [5.41, 5.74) is 3.25. The van der Waals surface area contributed by atoms with Gasteiger partial charge in [-0.2, -0.15) is 0 Å². The molecule has 2 nitrogen and oxygen atoms in total. The maximum atomic E-state index is 5.95. The smallest absolute Gasteiger partial charge is 0.146 e. The average Bonchev–Trinajstić information content (AvgIpc) is 2.72. The van der Waals surface area contributed by atoms with Crippen molar-refractivity contribution in [2.75, 3.05) is 0 Å². The first-order valence-electron chi connectivity index (χ1n) is 5.45. The van der Waals surface area contributed by atoms with Gasteiger partial charge in [0.15, 0.2) is 0 Å². The van der Waals surface area contributed by atoms with Gasteiger partial charge in [-0.3, -0.25) is 0 Å². The van der Waals surface area contributed by atoms with Crippen LogP contribution in [0.4, 0.5) is 0 Å². The van der Waals surface area contributed by atoms with Gasteiger partial charge in [0, 0.05) is 17.3 Å². The third-order valence-corrected chi connectivity index (χ3v) is 3.09. The van der Waals surface area contributed by atoms with E-state index in [0.29, 0.717) is 5.15 Å². The van der Waals surface area contributed by atoms with Crippen molar-refractivity contribution in [2.45, 2.75) is 6.92 Å². The van der Waals surface area contributed by atoms with E-state index in [1.54, 1.807) is 0 Å². The third kappa shape index (κ3) is 1.71. The van der Waals surface area contributed by atoms with Gasteiger partial charge in [0.2, 0.25) is 0 Å². The Balaban J connectivity index is 2.31. The van der Waals surface area contributed by atoms with Crippen molar-refractivity contribution in [3.05, 3.63) is 59.4 Å². The van der Waals surface area contributed by atoms with Gasteiger partial charge in [-0.1, -0.05) is 29.8 Å². The minimum atomic E-state index is 0.519. The summed E-state index contributed by atoms with van der Waals surface area (Å²) >= 11 is 5.95. The Hall–Kier alpha value is -1.80. The highest BCUT2D eigenvalue weighted by Crippen LogP contribution is 2.22. The number of aryl methyl sites for hydroxylation is 1. The van der Waals surface area contributed by atoms with Crippen LogP contribution in [0.1, 0.15) is 5.56 Å². The molecule has 0 unspecified atom stereocenters. The van der Waals surface area contributed by atoms with Crippen LogP contribution < -0.4 is 0 Å². The summed E-state index contributed by atoms with van der Waals surface area (Å²) in [6.45, 7) is 2.09. The van der Waals surface area contributed by atoms with Crippen molar-refractivity contribution in [3.8, 4) is 5.69 Å². The predicted octanol–water partition coefficient (Wildman–Crippen LogP) is 3.99. The summed E-state index contributed by atoms with van der Waals surface area (Å²) in [5, 5.41) is 1.61. The highest BCUT2D eigenvalue weighted by molar-refractivity contribution is 6.29. The molecular weight excluding hydrogens is 232 g/mol. The minimum absolute atomic E-state index is 0.519. The molecule has 1 aromatic carbocycles. The van der Waals surface area contributed by atoms with E-state index in [1.165, 1.54) is 5.56 Å². The van der Waals surface area contributed by atoms with Crippen molar-refractivity contribution >= 4 is 22.6 Å². The summed E-state index contributed by atoms with van der Waals surface area (Å²) in [6, 6.07) is 14.1. The molecule has 0 spiro atoms. The second-order valence-electron chi connectivity index (χ2n) is 4.02. The first kappa shape index (κ1) is 10.4. The van der Waals surface area contributed by atoms with Gasteiger partial charge in [0.25, 0.3) is 0 Å². The van der Waals surface area contributed by atoms with Crippen molar-refractivity contribution in [1.29, 1.82) is 0 Å². The van der Waals surface area contributed by atoms with Gasteiger partial charge >= 0.3 is 0 Å². The molecule has 2 aromatic heterocycles. The predicted molar refractivity (Wildman–Crippen MR) is 70.8 cm³/mol. The van der Waals surface area contributed by atoms with Gasteiger partial charge in [-0.05, 0) is 36.8 Å². The van der Waals surface area contributed by atoms with E-state index >= 15 is 0 Å². The van der Waals surface area contributed by atoms with Crippen LogP contribution in [-0.4, -0.2) is 9.55 Å². The SMILES string of the molecule is Cc1ccccc1-n1ccc2ccc(Cl)nc21. The fraction of sp³-hybridized carbons (Fsp3) is 0.0714. The summed E-state index contributed by atoms with van der Waals surface area (Å²) in [5.74, 6) is 0. The van der Waals surface area contributed by atoms with Crippen molar-refractivity contribution in [2.24, 2.45) is 0 Å². The van der Waals surface area contributed by atoms with Gasteiger partial charge in [-0.15, -0.1) is 0 Å². The number of pyridine rings is 1. The molecule has 0 saturated heterocycles. The first-order chi connectivity index (χ1) is 8.25. The molecule has 3 rings (SSSR count). The highest BCUT2D eigenvalue weighted by atomic mass is 35.5. The molecule has 0 aliphatic carbocycles. The van der Waals surface area contributed by atoms with Gasteiger partial charge in [0.1, 0.15) is 10.8 Å². The zero-order valence-corrected chi connectivity index (χ0v) is 10.1. The molecule has 0 aliphatic heterocycles. The lowest BCUT2D eigenvalue weighted by Crippen LogP contribution is -1.96. The topological polar surface area (TPSA) is 17.8 Å². The van der Waals surface area contributed by atoms with E-state index < -0.39 is 0 Å². The number of para-hydroxylation sites is 1. The first-order valence-corrected chi connectivity index (χ1v) is 5.83. The normalized spacial score (nSPS) is 10.9. The highest BCUT2D eigenvalue weighted by Gasteiger charge is 2.06. The maximum Gasteiger partial charge on any atom is 0.146 e. The lowest BCUT2D eigenvalue weighted by Gasteiger charge is -2.07. The standard InChI is InChI=1S/C14H11ClN2/c1-10-4-2-3-5-12(10)17-9-8-11-6-7-13(15)16-14(11)17/h2-9H,1H3. The van der Waals surface area contributed by atoms with E-state index in [4.69, 9.17) is 11.6 Å². The molecule has 17 heavy (non-hydrogen) atoms. The third-order valence-electron chi connectivity index (χ3n) is 2.88. The molecule has 3 aromatic rings. The Morgan fingerprint density at radius 2 is 1.88 bits per heavy atom. The number of fused-ring (bicyclic) bond motifs is 1. The van der Waals surface area contributed by atoms with Crippen LogP contribution in [-0.2, 0) is 0 Å². The lowest BCUT2D eigenvalue weighted by atomic mass is 10.2. The Labute approximate surface area is 104 Å². The fourth-order valence-electron chi connectivity index (χ4n) is 2.01. The molecular formula is C14H11ClN2. The second-order valence-corrected chi connectivity index (χ2v) is 4.41. The van der Waals surface area contributed by atoms with Crippen LogP contribution >= 0.6 is 11.6 Å². The number of halogens is 1. The Morgan fingerprint density at radius 1 is 1.06 bits per heavy atom. The van der Waals surface area contributed by atoms with Crippen LogP contribution in [0.25, 0.3) is 16.7 Å². The molecule has 2 heterocycles. The zero-order chi connectivity index (χ0) is 11.8. The average molecular weight is 243 g/mol. The van der Waals surface area contributed by atoms with Gasteiger partial charge in [0.05, 0.1) is 0 Å². The molecule has 0 fully saturated rings. The molecule has 0 aliphatic rings. The maximum absolute atomic E-state index is 5.95. The molecule has 3 heteroatoms. The number of hydrogen-bond donors (Lipinski definition) is 0. The number of hydrogen-bond acceptors (Lipinski definition) is 1. The van der Waals surface area contributed by atoms with Crippen LogP contribution in [0, 0.1) is 6.92 Å². The van der Waals surface area contributed by atoms with Crippen molar-refractivity contribution in [3.63, 3.8) is 0 Å². The molecule has 0 radical (unpaired) electrons. The van der Waals surface area contributed by atoms with E-state index in [9.17, 15) is 0 Å². The van der Waals surface area contributed by atoms with E-state index in [0.717, 1.165) is 16.7 Å². The molecule has 0 bridgehead atoms. The van der Waals surface area contributed by atoms with Crippen LogP contribution in [0.5, 0.6) is 0 Å². The van der Waals surface area contributed by atoms with E-state index in [-0.39, 0.29) is 0 Å². The minimum Gasteiger partial charge on any atom is -0.301 e. The van der Waals surface area contributed by atoms with E-state index in [1.807, 2.05) is 36.5 Å². The summed E-state index contributed by atoms with van der Waals surface area (Å²) in [7, 11) is 0. The number of rotatable bonds is 1. The zero-order valence-electron chi connectivity index (χ0n) is 9.39. The van der Waals surface area contributed by atoms with Crippen LogP contribution in [0.15, 0.2) is 48.7 Å². The Kier molecular flexibility index (Phi) is 2.37. The summed E-state index contributed by atoms with van der Waals surface area (Å²) < 4.78 is 2.07. The van der Waals surface area contributed by atoms with Gasteiger partial charge < -0.3 is 4.57 Å². The second kappa shape index (κ2) is 3.90. The number of benzene rings is 1. The molecule has 0 atom stereocenters. The summed E-state index contributed by atoms with van der Waals surface area (Å²) in [6.07, 6.45) is 2.02. The Bertz CT molecular complexity index is 686. The molecule has 0 N–H and O–H groups in total.